The van der Waals surface area contributed by atoms with Crippen LogP contribution in [-0.4, -0.2) is 47.6 Å². The van der Waals surface area contributed by atoms with Crippen molar-refractivity contribution in [2.45, 2.75) is 20.0 Å². The maximum Gasteiger partial charge on any atom is 0.261 e. The predicted octanol–water partition coefficient (Wildman–Crippen LogP) is 1.65. The maximum absolute atomic E-state index is 12.2. The van der Waals surface area contributed by atoms with Crippen molar-refractivity contribution < 1.29 is 14.7 Å². The predicted molar refractivity (Wildman–Crippen MR) is 83.2 cm³/mol. The van der Waals surface area contributed by atoms with E-state index in [4.69, 9.17) is 0 Å². The minimum Gasteiger partial charge on any atom is -0.390 e. The van der Waals surface area contributed by atoms with Gasteiger partial charge in [-0.3, -0.25) is 14.5 Å². The number of fused-ring (bicyclic) bond motifs is 1. The fourth-order valence-electron chi connectivity index (χ4n) is 2.24. The molecule has 1 heterocycles. The van der Waals surface area contributed by atoms with E-state index in [-0.39, 0.29) is 18.4 Å². The van der Waals surface area contributed by atoms with E-state index >= 15 is 0 Å². The monoisotopic (exact) mass is 354 g/mol. The van der Waals surface area contributed by atoms with E-state index in [0.29, 0.717) is 23.6 Å². The van der Waals surface area contributed by atoms with E-state index in [2.05, 4.69) is 35.1 Å². The highest BCUT2D eigenvalue weighted by Crippen LogP contribution is 2.26. The van der Waals surface area contributed by atoms with Crippen molar-refractivity contribution in [2.75, 3.05) is 19.6 Å². The van der Waals surface area contributed by atoms with Gasteiger partial charge >= 0.3 is 0 Å². The molecule has 0 radical (unpaired) electrons. The number of hydrogen-bond acceptors (Lipinski definition) is 4. The minimum absolute atomic E-state index is 0.00899. The first-order chi connectivity index (χ1) is 9.90. The Hall–Kier alpha value is -1.24. The second-order valence-electron chi connectivity index (χ2n) is 5.62. The van der Waals surface area contributed by atoms with E-state index in [0.717, 1.165) is 15.9 Å². The topological polar surface area (TPSA) is 69.6 Å². The third-order valence-electron chi connectivity index (χ3n) is 3.26. The molecule has 1 aromatic rings. The number of nitrogens with one attached hydrogen (secondary N) is 1. The van der Waals surface area contributed by atoms with Crippen LogP contribution < -0.4 is 5.32 Å². The van der Waals surface area contributed by atoms with Gasteiger partial charge in [0.2, 0.25) is 0 Å². The Morgan fingerprint density at radius 1 is 1.19 bits per heavy atom. The molecule has 6 heteroatoms. The molecule has 0 saturated heterocycles. The summed E-state index contributed by atoms with van der Waals surface area (Å²) in [6.07, 6.45) is -0.769. The molecule has 114 valence electrons. The molecule has 1 aromatic carbocycles. The molecule has 2 N–H and O–H groups in total. The summed E-state index contributed by atoms with van der Waals surface area (Å²) in [4.78, 5) is 25.5. The van der Waals surface area contributed by atoms with Gasteiger partial charge in [-0.2, -0.15) is 0 Å². The summed E-state index contributed by atoms with van der Waals surface area (Å²) in [5, 5.41) is 13.1. The van der Waals surface area contributed by atoms with E-state index in [1.807, 2.05) is 0 Å². The summed E-state index contributed by atoms with van der Waals surface area (Å²) >= 11 is 3.29. The second-order valence-corrected chi connectivity index (χ2v) is 6.53. The van der Waals surface area contributed by atoms with Gasteiger partial charge < -0.3 is 10.4 Å². The van der Waals surface area contributed by atoms with Crippen LogP contribution in [0.5, 0.6) is 0 Å². The highest BCUT2D eigenvalue weighted by molar-refractivity contribution is 9.10. The van der Waals surface area contributed by atoms with Crippen LogP contribution in [0, 0.1) is 5.92 Å². The number of amides is 2. The molecule has 1 atom stereocenters. The SMILES string of the molecule is CC(C)CNCC(O)CN1C(=O)c2ccc(Br)cc2C1=O. The van der Waals surface area contributed by atoms with Gasteiger partial charge in [-0.05, 0) is 30.7 Å². The molecule has 1 aliphatic rings. The first-order valence-corrected chi connectivity index (χ1v) is 7.74. The van der Waals surface area contributed by atoms with Crippen molar-refractivity contribution in [1.29, 1.82) is 0 Å². The minimum atomic E-state index is -0.769. The lowest BCUT2D eigenvalue weighted by Crippen LogP contribution is -2.41. The van der Waals surface area contributed by atoms with Gasteiger partial charge in [0.05, 0.1) is 23.8 Å². The van der Waals surface area contributed by atoms with Crippen LogP contribution in [0.4, 0.5) is 0 Å². The number of β-amino-alcohol motifs (C(OH)–C–C–N with tert-alkyl or cyclic N) is 1. The lowest BCUT2D eigenvalue weighted by Gasteiger charge is -2.19. The van der Waals surface area contributed by atoms with Gasteiger partial charge in [-0.1, -0.05) is 29.8 Å². The molecule has 5 nitrogen and oxygen atoms in total. The summed E-state index contributed by atoms with van der Waals surface area (Å²) < 4.78 is 0.753. The first-order valence-electron chi connectivity index (χ1n) is 6.94. The van der Waals surface area contributed by atoms with Crippen molar-refractivity contribution in [1.82, 2.24) is 10.2 Å². The Balaban J connectivity index is 1.99. The van der Waals surface area contributed by atoms with Gasteiger partial charge in [-0.15, -0.1) is 0 Å². The van der Waals surface area contributed by atoms with Gasteiger partial charge in [0.25, 0.3) is 11.8 Å². The molecule has 2 rings (SSSR count). The normalized spacial score (nSPS) is 15.8. The van der Waals surface area contributed by atoms with Crippen LogP contribution in [0.1, 0.15) is 34.6 Å². The Kier molecular flexibility index (Phi) is 5.13. The van der Waals surface area contributed by atoms with Crippen molar-refractivity contribution >= 4 is 27.7 Å². The second kappa shape index (κ2) is 6.68. The summed E-state index contributed by atoms with van der Waals surface area (Å²) in [5.41, 5.74) is 0.780. The molecule has 0 aromatic heterocycles. The number of imide groups is 1. The number of benzene rings is 1. The van der Waals surface area contributed by atoms with Crippen molar-refractivity contribution in [3.8, 4) is 0 Å². The van der Waals surface area contributed by atoms with Crippen LogP contribution in [0.15, 0.2) is 22.7 Å². The quantitative estimate of drug-likeness (QED) is 0.762. The molecular weight excluding hydrogens is 336 g/mol. The zero-order valence-electron chi connectivity index (χ0n) is 12.1. The Morgan fingerprint density at radius 3 is 2.52 bits per heavy atom. The molecule has 0 fully saturated rings. The molecule has 0 spiro atoms. The zero-order chi connectivity index (χ0) is 15.6. The number of rotatable bonds is 6. The lowest BCUT2D eigenvalue weighted by molar-refractivity contribution is 0.0543. The van der Waals surface area contributed by atoms with Crippen molar-refractivity contribution in [3.63, 3.8) is 0 Å². The van der Waals surface area contributed by atoms with E-state index in [9.17, 15) is 14.7 Å². The van der Waals surface area contributed by atoms with Gasteiger partial charge in [0.1, 0.15) is 0 Å². The zero-order valence-corrected chi connectivity index (χ0v) is 13.7. The van der Waals surface area contributed by atoms with Crippen molar-refractivity contribution in [3.05, 3.63) is 33.8 Å². The van der Waals surface area contributed by atoms with Crippen LogP contribution in [0.2, 0.25) is 0 Å². The number of aliphatic hydroxyl groups excluding tert-OH is 1. The highest BCUT2D eigenvalue weighted by Gasteiger charge is 2.36. The summed E-state index contributed by atoms with van der Waals surface area (Å²) in [5.74, 6) is -0.210. The van der Waals surface area contributed by atoms with Crippen LogP contribution in [0.25, 0.3) is 0 Å². The average Bonchev–Trinajstić information content (AvgIpc) is 2.63. The molecule has 1 unspecified atom stereocenters. The fourth-order valence-corrected chi connectivity index (χ4v) is 2.60. The summed E-state index contributed by atoms with van der Waals surface area (Å²) in [6.45, 7) is 5.29. The largest absolute Gasteiger partial charge is 0.390 e. The summed E-state index contributed by atoms with van der Waals surface area (Å²) in [7, 11) is 0. The number of halogens is 1. The number of carbonyl (C=O) groups is 2. The Morgan fingerprint density at radius 2 is 1.86 bits per heavy atom. The number of nitrogens with zero attached hydrogens (tertiary/aromatic N) is 1. The third kappa shape index (κ3) is 3.70. The number of carbonyl (C=O) groups excluding carboxylic acids is 2. The molecule has 1 aliphatic heterocycles. The van der Waals surface area contributed by atoms with Crippen LogP contribution >= 0.6 is 15.9 Å². The van der Waals surface area contributed by atoms with Crippen LogP contribution in [-0.2, 0) is 0 Å². The van der Waals surface area contributed by atoms with Crippen molar-refractivity contribution in [2.24, 2.45) is 5.92 Å². The van der Waals surface area contributed by atoms with E-state index in [1.165, 1.54) is 0 Å². The van der Waals surface area contributed by atoms with E-state index < -0.39 is 6.10 Å². The fraction of sp³-hybridized carbons (Fsp3) is 0.467. The smallest absolute Gasteiger partial charge is 0.261 e. The molecular formula is C15H19BrN2O3. The Labute approximate surface area is 132 Å². The third-order valence-corrected chi connectivity index (χ3v) is 3.75. The van der Waals surface area contributed by atoms with Gasteiger partial charge in [0, 0.05) is 11.0 Å². The maximum atomic E-state index is 12.2. The molecule has 0 aliphatic carbocycles. The standard InChI is InChI=1S/C15H19BrN2O3/c1-9(2)6-17-7-11(19)8-18-14(20)12-4-3-10(16)5-13(12)15(18)21/h3-5,9,11,17,19H,6-8H2,1-2H3. The number of hydrogen-bond donors (Lipinski definition) is 2. The Bertz CT molecular complexity index is 560. The molecule has 2 amide bonds. The number of aliphatic hydroxyl groups is 1. The van der Waals surface area contributed by atoms with Crippen LogP contribution in [0.3, 0.4) is 0 Å². The summed E-state index contributed by atoms with van der Waals surface area (Å²) in [6, 6.07) is 5.00. The van der Waals surface area contributed by atoms with Gasteiger partial charge in [-0.25, -0.2) is 0 Å². The molecule has 0 saturated carbocycles. The molecule has 21 heavy (non-hydrogen) atoms. The molecule has 0 bridgehead atoms. The average molecular weight is 355 g/mol. The lowest BCUT2D eigenvalue weighted by atomic mass is 10.1. The van der Waals surface area contributed by atoms with E-state index in [1.54, 1.807) is 18.2 Å². The first kappa shape index (κ1) is 16.1. The highest BCUT2D eigenvalue weighted by atomic mass is 79.9. The van der Waals surface area contributed by atoms with Gasteiger partial charge in [0.15, 0.2) is 0 Å².